The Hall–Kier alpha value is -1.16. The molecule has 1 aromatic heterocycles. The third kappa shape index (κ3) is 2.15. The number of methoxy groups -OCH3 is 1. The second-order valence-corrected chi connectivity index (χ2v) is 3.61. The van der Waals surface area contributed by atoms with Gasteiger partial charge in [0, 0.05) is 4.88 Å². The van der Waals surface area contributed by atoms with E-state index in [9.17, 15) is 9.59 Å². The van der Waals surface area contributed by atoms with Crippen LogP contribution in [0.5, 0.6) is 0 Å². The number of carbonyl (C=O) groups is 2. The molecular weight excluding hydrogens is 188 g/mol. The van der Waals surface area contributed by atoms with Gasteiger partial charge in [-0.2, -0.15) is 0 Å². The summed E-state index contributed by atoms with van der Waals surface area (Å²) in [4.78, 5) is 23.6. The number of Topliss-reactive ketones (excluding diaryl/α,β-unsaturated/α-hetero) is 1. The molecule has 0 spiro atoms. The Labute approximate surface area is 80.3 Å². The normalized spacial score (nSPS) is 9.69. The largest absolute Gasteiger partial charge is 0.463 e. The first-order chi connectivity index (χ1) is 6.19. The van der Waals surface area contributed by atoms with E-state index in [-0.39, 0.29) is 0 Å². The summed E-state index contributed by atoms with van der Waals surface area (Å²) in [6.45, 7) is 2.00. The van der Waals surface area contributed by atoms with Crippen molar-refractivity contribution >= 4 is 23.1 Å². The molecule has 1 heterocycles. The predicted molar refractivity (Wildman–Crippen MR) is 50.0 cm³/mol. The SMILES string of the molecule is CCc1ccc(C(=O)C(=O)OC)s1. The number of esters is 1. The molecule has 1 aromatic rings. The van der Waals surface area contributed by atoms with Crippen molar-refractivity contribution in [2.75, 3.05) is 7.11 Å². The maximum Gasteiger partial charge on any atom is 0.380 e. The Kier molecular flexibility index (Phi) is 3.19. The molecule has 3 nitrogen and oxygen atoms in total. The van der Waals surface area contributed by atoms with Gasteiger partial charge in [-0.1, -0.05) is 6.92 Å². The Morgan fingerprint density at radius 1 is 1.46 bits per heavy atom. The zero-order valence-corrected chi connectivity index (χ0v) is 8.31. The minimum absolute atomic E-state index is 0.448. The van der Waals surface area contributed by atoms with Crippen LogP contribution in [0.15, 0.2) is 12.1 Å². The van der Waals surface area contributed by atoms with Crippen LogP contribution in [0.25, 0.3) is 0 Å². The van der Waals surface area contributed by atoms with Crippen LogP contribution in [-0.2, 0) is 16.0 Å². The van der Waals surface area contributed by atoms with Crippen LogP contribution < -0.4 is 0 Å². The monoisotopic (exact) mass is 198 g/mol. The van der Waals surface area contributed by atoms with Gasteiger partial charge < -0.3 is 4.74 Å². The van der Waals surface area contributed by atoms with Crippen molar-refractivity contribution in [3.63, 3.8) is 0 Å². The fraction of sp³-hybridized carbons (Fsp3) is 0.333. The minimum atomic E-state index is -0.801. The molecule has 1 rings (SSSR count). The van der Waals surface area contributed by atoms with E-state index in [1.54, 1.807) is 6.07 Å². The maximum absolute atomic E-state index is 11.2. The van der Waals surface area contributed by atoms with Gasteiger partial charge in [0.05, 0.1) is 12.0 Å². The molecule has 0 unspecified atom stereocenters. The number of ether oxygens (including phenoxy) is 1. The average Bonchev–Trinajstić information content (AvgIpc) is 2.63. The molecule has 0 amide bonds. The third-order valence-electron chi connectivity index (χ3n) is 1.60. The van der Waals surface area contributed by atoms with E-state index in [2.05, 4.69) is 4.74 Å². The number of hydrogen-bond acceptors (Lipinski definition) is 4. The van der Waals surface area contributed by atoms with E-state index in [0.29, 0.717) is 4.88 Å². The van der Waals surface area contributed by atoms with Gasteiger partial charge in [-0.25, -0.2) is 4.79 Å². The minimum Gasteiger partial charge on any atom is -0.463 e. The molecule has 0 fully saturated rings. The first-order valence-electron chi connectivity index (χ1n) is 3.90. The lowest BCUT2D eigenvalue weighted by Crippen LogP contribution is -2.13. The van der Waals surface area contributed by atoms with Crippen LogP contribution in [0.2, 0.25) is 0 Å². The van der Waals surface area contributed by atoms with Crippen molar-refractivity contribution in [2.45, 2.75) is 13.3 Å². The van der Waals surface area contributed by atoms with E-state index in [1.165, 1.54) is 18.4 Å². The van der Waals surface area contributed by atoms with E-state index < -0.39 is 11.8 Å². The lowest BCUT2D eigenvalue weighted by molar-refractivity contribution is -0.135. The third-order valence-corrected chi connectivity index (χ3v) is 2.83. The number of rotatable bonds is 3. The van der Waals surface area contributed by atoms with Gasteiger partial charge >= 0.3 is 5.97 Å². The summed E-state index contributed by atoms with van der Waals surface area (Å²) in [5.41, 5.74) is 0. The van der Waals surface area contributed by atoms with Gasteiger partial charge in [-0.3, -0.25) is 4.79 Å². The topological polar surface area (TPSA) is 43.4 Å². The highest BCUT2D eigenvalue weighted by Gasteiger charge is 2.18. The fourth-order valence-electron chi connectivity index (χ4n) is 0.883. The zero-order valence-electron chi connectivity index (χ0n) is 7.49. The molecular formula is C9H10O3S. The van der Waals surface area contributed by atoms with Crippen LogP contribution in [0.3, 0.4) is 0 Å². The van der Waals surface area contributed by atoms with Crippen molar-refractivity contribution in [2.24, 2.45) is 0 Å². The highest BCUT2D eigenvalue weighted by atomic mass is 32.1. The zero-order chi connectivity index (χ0) is 9.84. The summed E-state index contributed by atoms with van der Waals surface area (Å²) >= 11 is 1.33. The molecule has 0 aromatic carbocycles. The molecule has 0 aliphatic rings. The molecule has 0 bridgehead atoms. The lowest BCUT2D eigenvalue weighted by atomic mass is 10.3. The summed E-state index contributed by atoms with van der Waals surface area (Å²) in [5, 5.41) is 0. The summed E-state index contributed by atoms with van der Waals surface area (Å²) < 4.78 is 4.33. The predicted octanol–water partition coefficient (Wildman–Crippen LogP) is 1.67. The van der Waals surface area contributed by atoms with Crippen LogP contribution >= 0.6 is 11.3 Å². The Balaban J connectivity index is 2.83. The van der Waals surface area contributed by atoms with E-state index >= 15 is 0 Å². The first kappa shape index (κ1) is 9.92. The van der Waals surface area contributed by atoms with Crippen LogP contribution in [0.1, 0.15) is 21.5 Å². The Morgan fingerprint density at radius 2 is 2.15 bits per heavy atom. The molecule has 0 aliphatic heterocycles. The molecule has 0 aliphatic carbocycles. The smallest absolute Gasteiger partial charge is 0.380 e. The van der Waals surface area contributed by atoms with E-state index in [1.807, 2.05) is 13.0 Å². The Bertz CT molecular complexity index is 327. The van der Waals surface area contributed by atoms with Gasteiger partial charge in [0.2, 0.25) is 0 Å². The Morgan fingerprint density at radius 3 is 2.62 bits per heavy atom. The van der Waals surface area contributed by atoms with Crippen molar-refractivity contribution < 1.29 is 14.3 Å². The number of thiophene rings is 1. The molecule has 13 heavy (non-hydrogen) atoms. The number of ketones is 1. The molecule has 70 valence electrons. The quantitative estimate of drug-likeness (QED) is 0.421. The first-order valence-corrected chi connectivity index (χ1v) is 4.72. The second kappa shape index (κ2) is 4.18. The van der Waals surface area contributed by atoms with Gasteiger partial charge in [-0.05, 0) is 18.6 Å². The van der Waals surface area contributed by atoms with Gasteiger partial charge in [0.1, 0.15) is 0 Å². The standard InChI is InChI=1S/C9H10O3S/c1-3-6-4-5-7(13-6)8(10)9(11)12-2/h4-5H,3H2,1-2H3. The fourth-order valence-corrected chi connectivity index (χ4v) is 1.76. The van der Waals surface area contributed by atoms with Crippen molar-refractivity contribution in [3.8, 4) is 0 Å². The summed E-state index contributed by atoms with van der Waals surface area (Å²) in [6.07, 6.45) is 0.874. The highest BCUT2D eigenvalue weighted by Crippen LogP contribution is 2.17. The molecule has 0 radical (unpaired) electrons. The lowest BCUT2D eigenvalue weighted by Gasteiger charge is -1.93. The van der Waals surface area contributed by atoms with E-state index in [4.69, 9.17) is 0 Å². The second-order valence-electron chi connectivity index (χ2n) is 2.44. The molecule has 0 saturated carbocycles. The van der Waals surface area contributed by atoms with Gasteiger partial charge in [0.15, 0.2) is 0 Å². The van der Waals surface area contributed by atoms with Crippen molar-refractivity contribution in [1.82, 2.24) is 0 Å². The van der Waals surface area contributed by atoms with Crippen LogP contribution in [0, 0.1) is 0 Å². The summed E-state index contributed by atoms with van der Waals surface area (Å²) in [5.74, 6) is -1.36. The van der Waals surface area contributed by atoms with Crippen molar-refractivity contribution in [1.29, 1.82) is 0 Å². The van der Waals surface area contributed by atoms with Gasteiger partial charge in [0.25, 0.3) is 5.78 Å². The number of hydrogen-bond donors (Lipinski definition) is 0. The number of carbonyl (C=O) groups excluding carboxylic acids is 2. The van der Waals surface area contributed by atoms with Crippen molar-refractivity contribution in [3.05, 3.63) is 21.9 Å². The molecule has 0 N–H and O–H groups in total. The van der Waals surface area contributed by atoms with E-state index in [0.717, 1.165) is 11.3 Å². The summed E-state index contributed by atoms with van der Waals surface area (Å²) in [7, 11) is 1.20. The molecule has 4 heteroatoms. The number of aryl methyl sites for hydroxylation is 1. The molecule has 0 atom stereocenters. The van der Waals surface area contributed by atoms with Gasteiger partial charge in [-0.15, -0.1) is 11.3 Å². The highest BCUT2D eigenvalue weighted by molar-refractivity contribution is 7.14. The maximum atomic E-state index is 11.2. The van der Waals surface area contributed by atoms with Crippen LogP contribution in [0.4, 0.5) is 0 Å². The molecule has 0 saturated heterocycles. The summed E-state index contributed by atoms with van der Waals surface area (Å²) in [6, 6.07) is 3.50. The average molecular weight is 198 g/mol. The van der Waals surface area contributed by atoms with Crippen LogP contribution in [-0.4, -0.2) is 18.9 Å².